The van der Waals surface area contributed by atoms with Crippen molar-refractivity contribution < 1.29 is 68.4 Å². The molecule has 1 aromatic heterocycles. The van der Waals surface area contributed by atoms with Gasteiger partial charge in [0.1, 0.15) is 54.1 Å². The molecule has 0 aliphatic heterocycles. The third-order valence-corrected chi connectivity index (χ3v) is 14.5. The zero-order valence-electron chi connectivity index (χ0n) is 49.1. The number of hydrogen-bond donors (Lipinski definition) is 17. The largest absolute Gasteiger partial charge is 0.508 e. The quantitative estimate of drug-likeness (QED) is 0.0111. The molecule has 0 spiro atoms. The highest BCUT2D eigenvalue weighted by molar-refractivity contribution is 7.98. The summed E-state index contributed by atoms with van der Waals surface area (Å²) < 4.78 is 0. The second kappa shape index (κ2) is 35.9. The van der Waals surface area contributed by atoms with Crippen LogP contribution in [-0.4, -0.2) is 183 Å². The fourth-order valence-corrected chi connectivity index (χ4v) is 9.66. The number of guanidine groups is 1. The van der Waals surface area contributed by atoms with Crippen LogP contribution in [0, 0.1) is 0 Å². The molecule has 1 heterocycles. The molecule has 0 unspecified atom stereocenters. The Balaban J connectivity index is 1.39. The van der Waals surface area contributed by atoms with E-state index in [4.69, 9.17) is 17.2 Å². The number of para-hydroxylation sites is 1. The van der Waals surface area contributed by atoms with Gasteiger partial charge in [-0.15, -0.1) is 0 Å². The van der Waals surface area contributed by atoms with Gasteiger partial charge in [0.15, 0.2) is 5.96 Å². The monoisotopic (exact) mass is 1250 g/mol. The Morgan fingerprint density at radius 2 is 1.03 bits per heavy atom. The first-order valence-corrected chi connectivity index (χ1v) is 29.8. The number of nitrogens with one attached hydrogen (secondary N) is 10. The van der Waals surface area contributed by atoms with Gasteiger partial charge in [-0.2, -0.15) is 11.8 Å². The number of hydrogen-bond acceptors (Lipinski definition) is 16. The lowest BCUT2D eigenvalue weighted by Crippen LogP contribution is -2.61. The number of aliphatic carboxylic acids is 1. The average molecular weight is 1250 g/mol. The van der Waals surface area contributed by atoms with E-state index in [0.29, 0.717) is 38.9 Å². The molecule has 0 aliphatic rings. The maximum Gasteiger partial charge on any atom is 0.328 e. The summed E-state index contributed by atoms with van der Waals surface area (Å²) in [5.74, 6) is -9.52. The molecule has 5 aromatic rings. The first-order valence-electron chi connectivity index (χ1n) is 28.4. The molecule has 4 aromatic carbocycles. The molecule has 0 saturated carbocycles. The van der Waals surface area contributed by atoms with Gasteiger partial charge < -0.3 is 90.5 Å². The first kappa shape index (κ1) is 70.2. The van der Waals surface area contributed by atoms with Gasteiger partial charge in [0.25, 0.3) is 0 Å². The van der Waals surface area contributed by atoms with Crippen molar-refractivity contribution in [2.75, 3.05) is 38.2 Å². The Morgan fingerprint density at radius 3 is 1.57 bits per heavy atom. The number of phenols is 1. The summed E-state index contributed by atoms with van der Waals surface area (Å²) >= 11 is 1.34. The number of aromatic nitrogens is 1. The number of nitrogens with two attached hydrogens (primary N) is 3. The number of fused-ring (bicyclic) bond motifs is 1. The second-order valence-corrected chi connectivity index (χ2v) is 21.7. The molecule has 5 rings (SSSR count). The van der Waals surface area contributed by atoms with E-state index in [1.54, 1.807) is 97.4 Å². The minimum absolute atomic E-state index is 0.00659. The van der Waals surface area contributed by atoms with E-state index in [1.165, 1.54) is 43.0 Å². The Morgan fingerprint density at radius 1 is 0.562 bits per heavy atom. The van der Waals surface area contributed by atoms with Gasteiger partial charge in [-0.25, -0.2) is 4.79 Å². The summed E-state index contributed by atoms with van der Waals surface area (Å²) in [5.41, 5.74) is 19.5. The molecule has 0 saturated heterocycles. The first-order chi connectivity index (χ1) is 42.6. The van der Waals surface area contributed by atoms with E-state index in [2.05, 4.69) is 57.8 Å². The fourth-order valence-electron chi connectivity index (χ4n) is 9.19. The minimum Gasteiger partial charge on any atom is -0.508 e. The van der Waals surface area contributed by atoms with Crippen LogP contribution in [0.4, 0.5) is 0 Å². The van der Waals surface area contributed by atoms with E-state index >= 15 is 0 Å². The molecular weight excluding hydrogens is 1170 g/mol. The summed E-state index contributed by atoms with van der Waals surface area (Å²) in [6.45, 7) is -0.961. The van der Waals surface area contributed by atoms with Crippen molar-refractivity contribution in [1.82, 2.24) is 52.8 Å². The predicted molar refractivity (Wildman–Crippen MR) is 331 cm³/mol. The van der Waals surface area contributed by atoms with Crippen molar-refractivity contribution >= 4 is 87.8 Å². The summed E-state index contributed by atoms with van der Waals surface area (Å²) in [7, 11) is 0. The number of aliphatic hydroxyl groups is 2. The number of carbonyl (C=O) groups excluding carboxylic acids is 9. The highest BCUT2D eigenvalue weighted by atomic mass is 32.2. The number of phenolic OH excluding ortho intramolecular Hbond substituents is 1. The van der Waals surface area contributed by atoms with Gasteiger partial charge in [0.05, 0.1) is 25.8 Å². The molecule has 0 bridgehead atoms. The Labute approximate surface area is 517 Å². The van der Waals surface area contributed by atoms with Crippen molar-refractivity contribution in [3.63, 3.8) is 0 Å². The summed E-state index contributed by atoms with van der Waals surface area (Å²) in [6.07, 6.45) is 1.21. The standard InChI is InChI=1S/C60H78N14O14S/c1-34(76)51(74-57(85)45(67-49(78)30-61)26-35-12-5-3-6-13-35)58(86)72-46(27-36-14-7-4-8-15-36)55(83)69-42(18-11-24-64-60(62)63)52(80)66-32-50(79)68-44(28-37-19-21-39(77)22-20-37)54(82)71-47(29-38-31-65-41-17-10-9-16-40(38)41)56(84)70-43(23-25-89-2)53(81)73-48(33-75)59(87)88/h3-10,12-17,19-22,31,34,42-48,51,65,75-77H,11,18,23-30,32-33,61H2,1-2H3,(H,66,80)(H,67,78)(H,68,79)(H,69,83)(H,70,84)(H,71,82)(H,72,86)(H,73,81)(H,74,85)(H,87,88)(H4,62,63,64)/t34-,42+,43+,44+,45+,46+,47+,48+,51+/m1/s1. The lowest BCUT2D eigenvalue weighted by atomic mass is 10.0. The minimum atomic E-state index is -1.69. The lowest BCUT2D eigenvalue weighted by molar-refractivity contribution is -0.143. The number of aromatic hydroxyl groups is 1. The van der Waals surface area contributed by atoms with Gasteiger partial charge in [0.2, 0.25) is 53.2 Å². The molecule has 29 heteroatoms. The Bertz CT molecular complexity index is 3220. The number of carboxylic acids is 1. The number of carbonyl (C=O) groups is 10. The molecule has 0 aliphatic carbocycles. The SMILES string of the molecule is CSCC[C@H](NC(=O)[C@H](Cc1c[nH]c2ccccc12)NC(=O)[C@H](Cc1ccc(O)cc1)NC(=O)CNC(=O)[C@H](CCCN=C(N)N)NC(=O)[C@H](Cc1ccccc1)NC(=O)[C@@H](NC(=O)[C@H](Cc1ccccc1)NC(=O)CN)[C@@H](C)O)C(=O)N[C@@H](CO)C(=O)O. The topological polar surface area (TPSA) is 466 Å². The summed E-state index contributed by atoms with van der Waals surface area (Å²) in [6, 6.07) is 18.1. The smallest absolute Gasteiger partial charge is 0.328 e. The number of benzene rings is 4. The molecular formula is C60H78N14O14S. The number of aliphatic imine (C=N–C) groups is 1. The highest BCUT2D eigenvalue weighted by Crippen LogP contribution is 2.20. The van der Waals surface area contributed by atoms with Crippen molar-refractivity contribution in [2.24, 2.45) is 22.2 Å². The normalized spacial score (nSPS) is 14.0. The van der Waals surface area contributed by atoms with Gasteiger partial charge in [-0.1, -0.05) is 91.0 Å². The number of amides is 9. The lowest BCUT2D eigenvalue weighted by Gasteiger charge is -2.28. The van der Waals surface area contributed by atoms with Crippen molar-refractivity contribution in [3.05, 3.63) is 138 Å². The van der Waals surface area contributed by atoms with E-state index < -0.39 is 133 Å². The second-order valence-electron chi connectivity index (χ2n) is 20.8. The molecule has 478 valence electrons. The van der Waals surface area contributed by atoms with E-state index in [-0.39, 0.29) is 63.2 Å². The maximum atomic E-state index is 14.6. The van der Waals surface area contributed by atoms with Gasteiger partial charge >= 0.3 is 5.97 Å². The number of aliphatic hydroxyl groups excluding tert-OH is 2. The van der Waals surface area contributed by atoms with Crippen LogP contribution >= 0.6 is 11.8 Å². The van der Waals surface area contributed by atoms with Gasteiger partial charge in [-0.3, -0.25) is 48.1 Å². The predicted octanol–water partition coefficient (Wildman–Crippen LogP) is -2.64. The number of nitrogens with zero attached hydrogens (tertiary/aromatic N) is 1. The third kappa shape index (κ3) is 23.2. The molecule has 0 radical (unpaired) electrons. The van der Waals surface area contributed by atoms with Crippen LogP contribution in [0.2, 0.25) is 0 Å². The van der Waals surface area contributed by atoms with Gasteiger partial charge in [-0.05, 0) is 78.6 Å². The average Bonchev–Trinajstić information content (AvgIpc) is 2.56. The van der Waals surface area contributed by atoms with Crippen LogP contribution in [0.3, 0.4) is 0 Å². The van der Waals surface area contributed by atoms with Crippen LogP contribution in [-0.2, 0) is 73.6 Å². The van der Waals surface area contributed by atoms with Crippen molar-refractivity contribution in [1.29, 1.82) is 0 Å². The van der Waals surface area contributed by atoms with Gasteiger partial charge in [0, 0.05) is 49.3 Å². The van der Waals surface area contributed by atoms with Crippen LogP contribution in [0.15, 0.2) is 120 Å². The van der Waals surface area contributed by atoms with Crippen LogP contribution in [0.5, 0.6) is 5.75 Å². The Kier molecular flexibility index (Phi) is 28.3. The molecule has 9 atom stereocenters. The summed E-state index contributed by atoms with van der Waals surface area (Å²) in [4.78, 5) is 144. The number of carboxylic acid groups (broad SMARTS) is 1. The molecule has 20 N–H and O–H groups in total. The molecule has 89 heavy (non-hydrogen) atoms. The van der Waals surface area contributed by atoms with Crippen molar-refractivity contribution in [2.45, 2.75) is 106 Å². The highest BCUT2D eigenvalue weighted by Gasteiger charge is 2.36. The number of thioether (sulfide) groups is 1. The fraction of sp³-hybridized carbons (Fsp3) is 0.383. The maximum absolute atomic E-state index is 14.6. The zero-order chi connectivity index (χ0) is 65.0. The number of aromatic amines is 1. The van der Waals surface area contributed by atoms with Crippen LogP contribution in [0.1, 0.15) is 48.4 Å². The summed E-state index contributed by atoms with van der Waals surface area (Å²) in [5, 5.41) is 63.7. The van der Waals surface area contributed by atoms with E-state index in [1.807, 2.05) is 0 Å². The van der Waals surface area contributed by atoms with E-state index in [0.717, 1.165) is 0 Å². The molecule has 28 nitrogen and oxygen atoms in total. The van der Waals surface area contributed by atoms with Crippen LogP contribution < -0.4 is 65.1 Å². The van der Waals surface area contributed by atoms with E-state index in [9.17, 15) is 68.4 Å². The van der Waals surface area contributed by atoms with Crippen LogP contribution in [0.25, 0.3) is 10.9 Å². The molecule has 9 amide bonds. The third-order valence-electron chi connectivity index (χ3n) is 13.9. The Hall–Kier alpha value is -9.58. The van der Waals surface area contributed by atoms with Crippen molar-refractivity contribution in [3.8, 4) is 5.75 Å². The molecule has 0 fully saturated rings. The number of H-pyrrole nitrogens is 1. The number of rotatable bonds is 36. The zero-order valence-corrected chi connectivity index (χ0v) is 49.9.